The number of rotatable bonds is 5. The van der Waals surface area contributed by atoms with Gasteiger partial charge in [-0.05, 0) is 18.7 Å². The molecule has 1 aromatic carbocycles. The molecular weight excluding hydrogens is 263 g/mol. The number of carbonyl (C=O) groups excluding carboxylic acids is 1. The molecule has 0 aromatic heterocycles. The van der Waals surface area contributed by atoms with Crippen LogP contribution < -0.4 is 15.2 Å². The average molecular weight is 277 g/mol. The summed E-state index contributed by atoms with van der Waals surface area (Å²) in [6.45, 7) is 0.103. The van der Waals surface area contributed by atoms with Gasteiger partial charge in [-0.25, -0.2) is 0 Å². The van der Waals surface area contributed by atoms with Gasteiger partial charge in [-0.3, -0.25) is 4.79 Å². The number of nitrogens with two attached hydrogens (primary N) is 1. The third-order valence-corrected chi connectivity index (χ3v) is 2.50. The van der Waals surface area contributed by atoms with Gasteiger partial charge in [0.25, 0.3) is 0 Å². The molecule has 2 N–H and O–H groups in total. The van der Waals surface area contributed by atoms with Crippen molar-refractivity contribution in [3.8, 4) is 11.5 Å². The van der Waals surface area contributed by atoms with Gasteiger partial charge in [0.15, 0.2) is 17.3 Å². The fraction of sp³-hybridized carbons (Fsp3) is 0.417. The first kappa shape index (κ1) is 15.3. The van der Waals surface area contributed by atoms with Crippen molar-refractivity contribution in [1.29, 1.82) is 0 Å². The molecule has 0 amide bonds. The van der Waals surface area contributed by atoms with E-state index in [1.807, 2.05) is 0 Å². The Bertz CT molecular complexity index is 472. The summed E-state index contributed by atoms with van der Waals surface area (Å²) in [5.74, 6) is -1.12. The molecule has 0 radical (unpaired) electrons. The highest BCUT2D eigenvalue weighted by Gasteiger charge is 2.37. The number of alkyl halides is 3. The van der Waals surface area contributed by atoms with Gasteiger partial charge in [-0.2, -0.15) is 13.2 Å². The quantitative estimate of drug-likeness (QED) is 0.838. The normalized spacial score (nSPS) is 11.3. The van der Waals surface area contributed by atoms with E-state index in [-0.39, 0.29) is 24.3 Å². The van der Waals surface area contributed by atoms with E-state index in [0.717, 1.165) is 19.2 Å². The number of halogens is 3. The summed E-state index contributed by atoms with van der Waals surface area (Å²) < 4.78 is 48.0. The monoisotopic (exact) mass is 277 g/mol. The molecular formula is C12H14F3NO3. The predicted molar refractivity (Wildman–Crippen MR) is 62.5 cm³/mol. The lowest BCUT2D eigenvalue weighted by Crippen LogP contribution is -2.13. The van der Waals surface area contributed by atoms with Crippen LogP contribution >= 0.6 is 0 Å². The molecule has 0 unspecified atom stereocenters. The molecule has 7 heteroatoms. The van der Waals surface area contributed by atoms with Crippen molar-refractivity contribution in [1.82, 2.24) is 0 Å². The van der Waals surface area contributed by atoms with Gasteiger partial charge in [0.05, 0.1) is 19.8 Å². The van der Waals surface area contributed by atoms with Crippen molar-refractivity contribution < 1.29 is 27.4 Å². The second kappa shape index (κ2) is 5.92. The number of hydrogen-bond acceptors (Lipinski definition) is 4. The van der Waals surface area contributed by atoms with Crippen molar-refractivity contribution >= 4 is 5.78 Å². The lowest BCUT2D eigenvalue weighted by molar-refractivity contribution is -0.138. The van der Waals surface area contributed by atoms with Crippen molar-refractivity contribution in [2.75, 3.05) is 20.8 Å². The number of ether oxygens (including phenoxy) is 2. The fourth-order valence-corrected chi connectivity index (χ4v) is 1.68. The molecule has 1 rings (SSSR count). The highest BCUT2D eigenvalue weighted by atomic mass is 19.4. The predicted octanol–water partition coefficient (Wildman–Crippen LogP) is 2.25. The Labute approximate surface area is 108 Å². The fourth-order valence-electron chi connectivity index (χ4n) is 1.68. The molecule has 0 atom stereocenters. The van der Waals surface area contributed by atoms with Crippen LogP contribution in [-0.4, -0.2) is 26.5 Å². The maximum Gasteiger partial charge on any atom is 0.420 e. The molecule has 0 saturated carbocycles. The van der Waals surface area contributed by atoms with Gasteiger partial charge in [0.2, 0.25) is 0 Å². The first-order valence-electron chi connectivity index (χ1n) is 5.42. The van der Waals surface area contributed by atoms with Crippen LogP contribution in [0.5, 0.6) is 11.5 Å². The van der Waals surface area contributed by atoms with Crippen LogP contribution in [0.25, 0.3) is 0 Å². The van der Waals surface area contributed by atoms with E-state index in [4.69, 9.17) is 15.2 Å². The molecule has 1 aromatic rings. The molecule has 0 heterocycles. The number of hydrogen-bond donors (Lipinski definition) is 1. The molecule has 0 aliphatic heterocycles. The van der Waals surface area contributed by atoms with Gasteiger partial charge < -0.3 is 15.2 Å². The number of ketones is 1. The van der Waals surface area contributed by atoms with E-state index in [1.165, 1.54) is 7.11 Å². The maximum absolute atomic E-state index is 12.8. The summed E-state index contributed by atoms with van der Waals surface area (Å²) in [6, 6.07) is 1.87. The van der Waals surface area contributed by atoms with Crippen molar-refractivity contribution in [3.05, 3.63) is 23.3 Å². The van der Waals surface area contributed by atoms with Crippen molar-refractivity contribution in [2.24, 2.45) is 5.73 Å². The lowest BCUT2D eigenvalue weighted by Gasteiger charge is -2.17. The molecule has 0 aliphatic carbocycles. The first-order valence-corrected chi connectivity index (χ1v) is 5.42. The minimum Gasteiger partial charge on any atom is -0.492 e. The number of Topliss-reactive ketones (excluding diaryl/α,β-unsaturated/α-hetero) is 1. The molecule has 19 heavy (non-hydrogen) atoms. The average Bonchev–Trinajstić information content (AvgIpc) is 2.35. The molecule has 0 aliphatic rings. The van der Waals surface area contributed by atoms with E-state index >= 15 is 0 Å². The summed E-state index contributed by atoms with van der Waals surface area (Å²) in [6.07, 6.45) is -4.57. The Hall–Kier alpha value is -1.76. The summed E-state index contributed by atoms with van der Waals surface area (Å²) in [7, 11) is 2.27. The van der Waals surface area contributed by atoms with E-state index in [0.29, 0.717) is 0 Å². The third-order valence-electron chi connectivity index (χ3n) is 2.50. The lowest BCUT2D eigenvalue weighted by atomic mass is 10.0. The van der Waals surface area contributed by atoms with E-state index < -0.39 is 23.3 Å². The van der Waals surface area contributed by atoms with Gasteiger partial charge in [-0.1, -0.05) is 0 Å². The number of methoxy groups -OCH3 is 2. The molecule has 106 valence electrons. The molecule has 4 nitrogen and oxygen atoms in total. The summed E-state index contributed by atoms with van der Waals surface area (Å²) in [5, 5.41) is 0. The topological polar surface area (TPSA) is 61.5 Å². The molecule has 0 fully saturated rings. The standard InChI is InChI=1S/C12H14F3NO3/c1-18-10-7(9(17)5-6-16)3-4-8(11(10)19-2)12(13,14)15/h3-4H,5-6,16H2,1-2H3. The summed E-state index contributed by atoms with van der Waals surface area (Å²) in [4.78, 5) is 11.8. The Kier molecular flexibility index (Phi) is 4.77. The molecule has 0 saturated heterocycles. The van der Waals surface area contributed by atoms with E-state index in [1.54, 1.807) is 0 Å². The summed E-state index contributed by atoms with van der Waals surface area (Å²) in [5.41, 5.74) is 4.29. The minimum atomic E-state index is -4.59. The van der Waals surface area contributed by atoms with Gasteiger partial charge in [0, 0.05) is 6.42 Å². The SMILES string of the molecule is COc1c(C(=O)CCN)ccc(C(F)(F)F)c1OC. The molecule has 0 bridgehead atoms. The highest BCUT2D eigenvalue weighted by molar-refractivity contribution is 5.99. The Morgan fingerprint density at radius 1 is 1.21 bits per heavy atom. The third kappa shape index (κ3) is 3.17. The van der Waals surface area contributed by atoms with Crippen LogP contribution in [0.2, 0.25) is 0 Å². The summed E-state index contributed by atoms with van der Waals surface area (Å²) >= 11 is 0. The van der Waals surface area contributed by atoms with Crippen molar-refractivity contribution in [3.63, 3.8) is 0 Å². The zero-order valence-corrected chi connectivity index (χ0v) is 10.5. The van der Waals surface area contributed by atoms with Crippen LogP contribution in [0.15, 0.2) is 12.1 Å². The highest BCUT2D eigenvalue weighted by Crippen LogP contribution is 2.43. The largest absolute Gasteiger partial charge is 0.492 e. The van der Waals surface area contributed by atoms with Crippen LogP contribution in [0.1, 0.15) is 22.3 Å². The minimum absolute atomic E-state index is 0.0187. The Morgan fingerprint density at radius 3 is 2.21 bits per heavy atom. The zero-order valence-electron chi connectivity index (χ0n) is 10.5. The molecule has 0 spiro atoms. The Morgan fingerprint density at radius 2 is 1.79 bits per heavy atom. The van der Waals surface area contributed by atoms with E-state index in [9.17, 15) is 18.0 Å². The second-order valence-electron chi connectivity index (χ2n) is 3.69. The smallest absolute Gasteiger partial charge is 0.420 e. The number of benzene rings is 1. The Balaban J connectivity index is 3.43. The van der Waals surface area contributed by atoms with Gasteiger partial charge >= 0.3 is 6.18 Å². The van der Waals surface area contributed by atoms with Crippen LogP contribution in [0, 0.1) is 0 Å². The van der Waals surface area contributed by atoms with Crippen LogP contribution in [0.3, 0.4) is 0 Å². The van der Waals surface area contributed by atoms with Gasteiger partial charge in [0.1, 0.15) is 5.56 Å². The maximum atomic E-state index is 12.8. The zero-order chi connectivity index (χ0) is 14.6. The van der Waals surface area contributed by atoms with Gasteiger partial charge in [-0.15, -0.1) is 0 Å². The van der Waals surface area contributed by atoms with Crippen LogP contribution in [-0.2, 0) is 6.18 Å². The number of carbonyl (C=O) groups is 1. The van der Waals surface area contributed by atoms with Crippen LogP contribution in [0.4, 0.5) is 13.2 Å². The second-order valence-corrected chi connectivity index (χ2v) is 3.69. The first-order chi connectivity index (χ1) is 8.86. The van der Waals surface area contributed by atoms with E-state index in [2.05, 4.69) is 0 Å². The van der Waals surface area contributed by atoms with Crippen molar-refractivity contribution in [2.45, 2.75) is 12.6 Å².